The Morgan fingerprint density at radius 2 is 2.22 bits per heavy atom. The molecule has 0 aliphatic heterocycles. The second-order valence-corrected chi connectivity index (χ2v) is 2.39. The Labute approximate surface area is 60.7 Å². The molecule has 0 aromatic carbocycles. The van der Waals surface area contributed by atoms with Gasteiger partial charge in [0.15, 0.2) is 0 Å². The predicted octanol–water partition coefficient (Wildman–Crippen LogP) is 1.13. The van der Waals surface area contributed by atoms with Crippen molar-refractivity contribution in [3.05, 3.63) is 16.7 Å². The molecular weight excluding hydrogens is 184 g/mol. The summed E-state index contributed by atoms with van der Waals surface area (Å²) in [5.41, 5.74) is 5.82. The van der Waals surface area contributed by atoms with Gasteiger partial charge in [-0.3, -0.25) is 0 Å². The summed E-state index contributed by atoms with van der Waals surface area (Å²) in [6.07, 6.45) is 0. The summed E-state index contributed by atoms with van der Waals surface area (Å²) in [5.74, 6) is -0.0677. The fourth-order valence-electron chi connectivity index (χ4n) is 0.502. The highest BCUT2D eigenvalue weighted by atomic mass is 79.9. The van der Waals surface area contributed by atoms with Crippen molar-refractivity contribution in [1.29, 1.82) is 0 Å². The molecule has 9 heavy (non-hydrogen) atoms. The minimum atomic E-state index is -0.0677. The van der Waals surface area contributed by atoms with Crippen LogP contribution in [0.3, 0.4) is 0 Å². The van der Waals surface area contributed by atoms with Gasteiger partial charge in [-0.2, -0.15) is 0 Å². The predicted molar refractivity (Wildman–Crippen MR) is 38.0 cm³/mol. The molecule has 1 aromatic heterocycles. The first-order chi connectivity index (χ1) is 4.18. The molecule has 1 rings (SSSR count). The van der Waals surface area contributed by atoms with Crippen LogP contribution in [0.25, 0.3) is 0 Å². The molecule has 48 valence electrons. The SMILES string of the molecule is Nc1cc(O)nc(Br)c1. The zero-order valence-electron chi connectivity index (χ0n) is 4.50. The maximum atomic E-state index is 8.77. The van der Waals surface area contributed by atoms with Crippen LogP contribution in [0, 0.1) is 0 Å². The molecule has 0 bridgehead atoms. The Kier molecular flexibility index (Phi) is 1.57. The van der Waals surface area contributed by atoms with Crippen LogP contribution in [0.5, 0.6) is 5.88 Å². The quantitative estimate of drug-likeness (QED) is 0.601. The average molecular weight is 189 g/mol. The molecule has 0 aliphatic rings. The van der Waals surface area contributed by atoms with Crippen molar-refractivity contribution in [2.24, 2.45) is 0 Å². The molecule has 0 radical (unpaired) electrons. The number of halogens is 1. The summed E-state index contributed by atoms with van der Waals surface area (Å²) in [6, 6.07) is 2.99. The number of aromatic hydroxyl groups is 1. The lowest BCUT2D eigenvalue weighted by atomic mass is 10.4. The molecule has 3 nitrogen and oxygen atoms in total. The van der Waals surface area contributed by atoms with Crippen molar-refractivity contribution in [2.75, 3.05) is 5.73 Å². The van der Waals surface area contributed by atoms with E-state index in [0.717, 1.165) is 0 Å². The van der Waals surface area contributed by atoms with Gasteiger partial charge in [-0.15, -0.1) is 0 Å². The van der Waals surface area contributed by atoms with Gasteiger partial charge in [0, 0.05) is 11.8 Å². The van der Waals surface area contributed by atoms with Gasteiger partial charge < -0.3 is 10.8 Å². The van der Waals surface area contributed by atoms with E-state index in [4.69, 9.17) is 10.8 Å². The molecule has 0 fully saturated rings. The van der Waals surface area contributed by atoms with Gasteiger partial charge in [0.2, 0.25) is 5.88 Å². The number of nitrogens with two attached hydrogens (primary N) is 1. The lowest BCUT2D eigenvalue weighted by Gasteiger charge is -1.93. The van der Waals surface area contributed by atoms with Crippen LogP contribution in [0.2, 0.25) is 0 Å². The molecule has 0 atom stereocenters. The van der Waals surface area contributed by atoms with E-state index in [9.17, 15) is 0 Å². The van der Waals surface area contributed by atoms with Gasteiger partial charge >= 0.3 is 0 Å². The molecular formula is C5H5BrN2O. The van der Waals surface area contributed by atoms with Crippen molar-refractivity contribution < 1.29 is 5.11 Å². The monoisotopic (exact) mass is 188 g/mol. The first kappa shape index (κ1) is 6.35. The third kappa shape index (κ3) is 1.57. The van der Waals surface area contributed by atoms with E-state index in [1.165, 1.54) is 6.07 Å². The smallest absolute Gasteiger partial charge is 0.213 e. The van der Waals surface area contributed by atoms with E-state index in [2.05, 4.69) is 20.9 Å². The maximum absolute atomic E-state index is 8.77. The van der Waals surface area contributed by atoms with E-state index in [-0.39, 0.29) is 5.88 Å². The van der Waals surface area contributed by atoms with Gasteiger partial charge in [0.1, 0.15) is 4.60 Å². The zero-order valence-corrected chi connectivity index (χ0v) is 6.09. The van der Waals surface area contributed by atoms with Crippen molar-refractivity contribution in [1.82, 2.24) is 4.98 Å². The van der Waals surface area contributed by atoms with E-state index >= 15 is 0 Å². The third-order valence-corrected chi connectivity index (χ3v) is 1.21. The number of rotatable bonds is 0. The molecule has 0 unspecified atom stereocenters. The number of hydrogen-bond acceptors (Lipinski definition) is 3. The van der Waals surface area contributed by atoms with Crippen LogP contribution in [-0.2, 0) is 0 Å². The molecule has 4 heteroatoms. The summed E-state index contributed by atoms with van der Waals surface area (Å²) in [6.45, 7) is 0. The molecule has 0 aliphatic carbocycles. The Bertz CT molecular complexity index is 176. The first-order valence-electron chi connectivity index (χ1n) is 2.30. The van der Waals surface area contributed by atoms with Gasteiger partial charge in [-0.1, -0.05) is 0 Å². The zero-order chi connectivity index (χ0) is 6.85. The molecule has 0 saturated carbocycles. The molecule has 0 amide bonds. The summed E-state index contributed by atoms with van der Waals surface area (Å²) >= 11 is 3.06. The fourth-order valence-corrected chi connectivity index (χ4v) is 0.948. The van der Waals surface area contributed by atoms with Crippen molar-refractivity contribution in [2.45, 2.75) is 0 Å². The topological polar surface area (TPSA) is 59.1 Å². The van der Waals surface area contributed by atoms with Crippen LogP contribution in [0.1, 0.15) is 0 Å². The fraction of sp³-hybridized carbons (Fsp3) is 0. The number of nitrogens with zero attached hydrogens (tertiary/aromatic N) is 1. The normalized spacial score (nSPS) is 9.44. The van der Waals surface area contributed by atoms with Crippen molar-refractivity contribution in [3.8, 4) is 5.88 Å². The lowest BCUT2D eigenvalue weighted by Crippen LogP contribution is -1.85. The van der Waals surface area contributed by atoms with Gasteiger partial charge in [0.05, 0.1) is 0 Å². The number of hydrogen-bond donors (Lipinski definition) is 2. The lowest BCUT2D eigenvalue weighted by molar-refractivity contribution is 0.453. The van der Waals surface area contributed by atoms with Crippen LogP contribution >= 0.6 is 15.9 Å². The van der Waals surface area contributed by atoms with Crippen LogP contribution in [0.4, 0.5) is 5.69 Å². The molecule has 3 N–H and O–H groups in total. The van der Waals surface area contributed by atoms with Crippen molar-refractivity contribution in [3.63, 3.8) is 0 Å². The van der Waals surface area contributed by atoms with E-state index in [1.807, 2.05) is 0 Å². The first-order valence-corrected chi connectivity index (χ1v) is 3.10. The summed E-state index contributed by atoms with van der Waals surface area (Å²) < 4.78 is 0.542. The minimum Gasteiger partial charge on any atom is -0.493 e. The Hall–Kier alpha value is -0.770. The van der Waals surface area contributed by atoms with Crippen LogP contribution < -0.4 is 5.73 Å². The molecule has 0 saturated heterocycles. The van der Waals surface area contributed by atoms with Crippen LogP contribution in [0.15, 0.2) is 16.7 Å². The van der Waals surface area contributed by atoms with E-state index in [0.29, 0.717) is 10.3 Å². The second-order valence-electron chi connectivity index (χ2n) is 1.58. The van der Waals surface area contributed by atoms with Crippen molar-refractivity contribution >= 4 is 21.6 Å². The van der Waals surface area contributed by atoms with Gasteiger partial charge in [-0.05, 0) is 22.0 Å². The highest BCUT2D eigenvalue weighted by molar-refractivity contribution is 9.10. The average Bonchev–Trinajstić information content (AvgIpc) is 1.59. The maximum Gasteiger partial charge on any atom is 0.213 e. The van der Waals surface area contributed by atoms with Gasteiger partial charge in [-0.25, -0.2) is 4.98 Å². The largest absolute Gasteiger partial charge is 0.493 e. The summed E-state index contributed by atoms with van der Waals surface area (Å²) in [7, 11) is 0. The molecule has 1 aromatic rings. The highest BCUT2D eigenvalue weighted by Gasteiger charge is 1.93. The minimum absolute atomic E-state index is 0.0677. The van der Waals surface area contributed by atoms with Gasteiger partial charge in [0.25, 0.3) is 0 Å². The van der Waals surface area contributed by atoms with Crippen LogP contribution in [-0.4, -0.2) is 10.1 Å². The number of pyridine rings is 1. The highest BCUT2D eigenvalue weighted by Crippen LogP contribution is 2.16. The van der Waals surface area contributed by atoms with E-state index < -0.39 is 0 Å². The Morgan fingerprint density at radius 1 is 1.56 bits per heavy atom. The standard InChI is InChI=1S/C5H5BrN2O/c6-4-1-3(7)2-5(9)8-4/h1-2H,(H3,7,8,9). The second kappa shape index (κ2) is 2.23. The Balaban J connectivity index is 3.17. The number of anilines is 1. The molecule has 0 spiro atoms. The molecule has 1 heterocycles. The summed E-state index contributed by atoms with van der Waals surface area (Å²) in [4.78, 5) is 3.63. The van der Waals surface area contributed by atoms with E-state index in [1.54, 1.807) is 6.07 Å². The number of aromatic nitrogens is 1. The Morgan fingerprint density at radius 3 is 2.67 bits per heavy atom. The summed E-state index contributed by atoms with van der Waals surface area (Å²) in [5, 5.41) is 8.77. The number of nitrogen functional groups attached to an aromatic ring is 1. The third-order valence-electron chi connectivity index (χ3n) is 0.803.